The highest BCUT2D eigenvalue weighted by molar-refractivity contribution is 5.87. The van der Waals surface area contributed by atoms with E-state index < -0.39 is 55.3 Å². The first-order chi connectivity index (χ1) is 12.2. The van der Waals surface area contributed by atoms with Gasteiger partial charge in [-0.05, 0) is 6.92 Å². The van der Waals surface area contributed by atoms with Gasteiger partial charge in [0.05, 0.1) is 6.54 Å². The van der Waals surface area contributed by atoms with Crippen molar-refractivity contribution in [1.29, 1.82) is 0 Å². The Balaban J connectivity index is 5.47. The SMILES string of the molecule is C=C(C)C(=O)OCCNC(=O)C(F)(OC(F)(F)C(F)(F)C(F)(F)F)C(F)(F)F. The van der Waals surface area contributed by atoms with Gasteiger partial charge in [-0.15, -0.1) is 0 Å². The van der Waals surface area contributed by atoms with E-state index in [1.54, 1.807) is 0 Å². The fraction of sp³-hybridized carbons (Fsp3) is 0.667. The Morgan fingerprint density at radius 1 is 0.893 bits per heavy atom. The van der Waals surface area contributed by atoms with Crippen LogP contribution in [-0.4, -0.2) is 55.3 Å². The molecule has 0 rings (SSSR count). The smallest absolute Gasteiger partial charge is 0.460 e. The minimum Gasteiger partial charge on any atom is -0.460 e. The first-order valence-electron chi connectivity index (χ1n) is 6.60. The maximum absolute atomic E-state index is 13.8. The van der Waals surface area contributed by atoms with Crippen LogP contribution in [0, 0.1) is 0 Å². The molecule has 164 valence electrons. The van der Waals surface area contributed by atoms with E-state index in [9.17, 15) is 57.9 Å². The maximum atomic E-state index is 13.8. The molecule has 0 saturated heterocycles. The van der Waals surface area contributed by atoms with Gasteiger partial charge in [-0.3, -0.25) is 9.53 Å². The molecule has 0 aliphatic carbocycles. The van der Waals surface area contributed by atoms with Gasteiger partial charge in [0.1, 0.15) is 6.61 Å². The predicted octanol–water partition coefficient (Wildman–Crippen LogP) is 3.26. The zero-order valence-electron chi connectivity index (χ0n) is 13.4. The molecular weight excluding hydrogens is 431 g/mol. The number of carbonyl (C=O) groups excluding carboxylic acids is 2. The molecular formula is C12H10F11NO4. The average molecular weight is 441 g/mol. The zero-order valence-corrected chi connectivity index (χ0v) is 13.4. The lowest BCUT2D eigenvalue weighted by Crippen LogP contribution is -2.63. The van der Waals surface area contributed by atoms with Crippen molar-refractivity contribution in [2.24, 2.45) is 0 Å². The van der Waals surface area contributed by atoms with Crippen molar-refractivity contribution in [3.63, 3.8) is 0 Å². The first kappa shape index (κ1) is 25.9. The van der Waals surface area contributed by atoms with Gasteiger partial charge >= 0.3 is 36.2 Å². The standard InChI is InChI=1S/C12H10F11NO4/c1-5(2)6(25)27-4-3-24-7(26)8(13,10(16,17)18)28-12(22,23)9(14,15)11(19,20)21/h1,3-4H2,2H3,(H,24,26). The van der Waals surface area contributed by atoms with Crippen molar-refractivity contribution >= 4 is 11.9 Å². The van der Waals surface area contributed by atoms with Crippen LogP contribution in [0.25, 0.3) is 0 Å². The van der Waals surface area contributed by atoms with Gasteiger partial charge in [-0.25, -0.2) is 4.79 Å². The number of alkyl halides is 11. The molecule has 1 amide bonds. The van der Waals surface area contributed by atoms with Crippen molar-refractivity contribution < 1.29 is 67.4 Å². The van der Waals surface area contributed by atoms with E-state index >= 15 is 0 Å². The fourth-order valence-electron chi connectivity index (χ4n) is 1.18. The van der Waals surface area contributed by atoms with E-state index in [1.807, 2.05) is 4.74 Å². The summed E-state index contributed by atoms with van der Waals surface area (Å²) >= 11 is 0. The van der Waals surface area contributed by atoms with Crippen LogP contribution in [0.5, 0.6) is 0 Å². The van der Waals surface area contributed by atoms with Gasteiger partial charge in [-0.2, -0.15) is 48.3 Å². The van der Waals surface area contributed by atoms with E-state index in [0.29, 0.717) is 0 Å². The number of hydrogen-bond donors (Lipinski definition) is 1. The summed E-state index contributed by atoms with van der Waals surface area (Å²) in [7, 11) is 0. The number of amides is 1. The van der Waals surface area contributed by atoms with Crippen LogP contribution >= 0.6 is 0 Å². The predicted molar refractivity (Wildman–Crippen MR) is 65.7 cm³/mol. The Morgan fingerprint density at radius 3 is 1.71 bits per heavy atom. The summed E-state index contributed by atoms with van der Waals surface area (Å²) in [4.78, 5) is 22.1. The van der Waals surface area contributed by atoms with Crippen LogP contribution in [-0.2, 0) is 19.1 Å². The summed E-state index contributed by atoms with van der Waals surface area (Å²) in [6.45, 7) is 2.09. The van der Waals surface area contributed by atoms with Crippen molar-refractivity contribution in [2.45, 2.75) is 37.2 Å². The van der Waals surface area contributed by atoms with Crippen LogP contribution in [0.1, 0.15) is 6.92 Å². The van der Waals surface area contributed by atoms with Gasteiger partial charge in [0.2, 0.25) is 0 Å². The molecule has 1 atom stereocenters. The molecule has 28 heavy (non-hydrogen) atoms. The van der Waals surface area contributed by atoms with Crippen molar-refractivity contribution in [1.82, 2.24) is 5.32 Å². The molecule has 0 saturated carbocycles. The summed E-state index contributed by atoms with van der Waals surface area (Å²) < 4.78 is 145. The fourth-order valence-corrected chi connectivity index (χ4v) is 1.18. The highest BCUT2D eigenvalue weighted by Crippen LogP contribution is 2.50. The minimum atomic E-state index is -7.28. The van der Waals surface area contributed by atoms with Crippen LogP contribution in [0.4, 0.5) is 48.3 Å². The third kappa shape index (κ3) is 5.45. The second-order valence-corrected chi connectivity index (χ2v) is 4.96. The van der Waals surface area contributed by atoms with Crippen LogP contribution in [0.3, 0.4) is 0 Å². The number of hydrogen-bond acceptors (Lipinski definition) is 4. The molecule has 0 fully saturated rings. The Bertz CT molecular complexity index is 614. The molecule has 0 aliphatic heterocycles. The molecule has 0 heterocycles. The summed E-state index contributed by atoms with van der Waals surface area (Å²) in [6, 6.07) is 0. The summed E-state index contributed by atoms with van der Waals surface area (Å²) in [5.41, 5.74) is -0.209. The van der Waals surface area contributed by atoms with Crippen LogP contribution in [0.2, 0.25) is 0 Å². The summed E-state index contributed by atoms with van der Waals surface area (Å²) in [6.07, 6.45) is -21.1. The molecule has 0 aliphatic rings. The van der Waals surface area contributed by atoms with Gasteiger partial charge < -0.3 is 10.1 Å². The second kappa shape index (κ2) is 8.08. The second-order valence-electron chi connectivity index (χ2n) is 4.96. The molecule has 1 unspecified atom stereocenters. The van der Waals surface area contributed by atoms with E-state index in [1.165, 1.54) is 0 Å². The van der Waals surface area contributed by atoms with Gasteiger partial charge in [0.25, 0.3) is 5.91 Å². The average Bonchev–Trinajstić information content (AvgIpc) is 2.47. The molecule has 0 spiro atoms. The number of esters is 1. The highest BCUT2D eigenvalue weighted by Gasteiger charge is 2.79. The largest absolute Gasteiger partial charge is 0.462 e. The van der Waals surface area contributed by atoms with Gasteiger partial charge in [0.15, 0.2) is 0 Å². The maximum Gasteiger partial charge on any atom is 0.462 e. The molecule has 16 heteroatoms. The Morgan fingerprint density at radius 2 is 1.36 bits per heavy atom. The molecule has 5 nitrogen and oxygen atoms in total. The Labute approximate surface area is 148 Å². The van der Waals surface area contributed by atoms with Crippen molar-refractivity contribution in [3.8, 4) is 0 Å². The third-order valence-corrected chi connectivity index (χ3v) is 2.62. The van der Waals surface area contributed by atoms with E-state index in [0.717, 1.165) is 12.2 Å². The van der Waals surface area contributed by atoms with Crippen molar-refractivity contribution in [2.75, 3.05) is 13.2 Å². The van der Waals surface area contributed by atoms with Crippen molar-refractivity contribution in [3.05, 3.63) is 12.2 Å². The van der Waals surface area contributed by atoms with Gasteiger partial charge in [-0.1, -0.05) is 6.58 Å². The lowest BCUT2D eigenvalue weighted by atomic mass is 10.2. The summed E-state index contributed by atoms with van der Waals surface area (Å²) in [5.74, 6) is -17.9. The lowest BCUT2D eigenvalue weighted by molar-refractivity contribution is -0.472. The Hall–Kier alpha value is -2.13. The molecule has 0 aromatic heterocycles. The van der Waals surface area contributed by atoms with Crippen LogP contribution in [0.15, 0.2) is 12.2 Å². The molecule has 0 radical (unpaired) electrons. The molecule has 0 aromatic rings. The van der Waals surface area contributed by atoms with E-state index in [2.05, 4.69) is 11.3 Å². The minimum absolute atomic E-state index is 0.209. The number of halogens is 11. The lowest BCUT2D eigenvalue weighted by Gasteiger charge is -2.34. The zero-order chi connectivity index (χ0) is 22.8. The first-order valence-corrected chi connectivity index (χ1v) is 6.60. The van der Waals surface area contributed by atoms with E-state index in [-0.39, 0.29) is 5.57 Å². The normalized spacial score (nSPS) is 15.6. The quantitative estimate of drug-likeness (QED) is 0.272. The van der Waals surface area contributed by atoms with Gasteiger partial charge in [0, 0.05) is 5.57 Å². The molecule has 0 aromatic carbocycles. The number of ether oxygens (including phenoxy) is 2. The summed E-state index contributed by atoms with van der Waals surface area (Å²) in [5, 5.41) is 0.912. The number of carbonyl (C=O) groups is 2. The molecule has 1 N–H and O–H groups in total. The number of rotatable bonds is 8. The Kier molecular flexibility index (Phi) is 7.47. The van der Waals surface area contributed by atoms with E-state index in [4.69, 9.17) is 0 Å². The third-order valence-electron chi connectivity index (χ3n) is 2.62. The number of nitrogens with one attached hydrogen (secondary N) is 1. The van der Waals surface area contributed by atoms with Crippen LogP contribution < -0.4 is 5.32 Å². The molecule has 0 bridgehead atoms. The topological polar surface area (TPSA) is 64.6 Å². The monoisotopic (exact) mass is 441 g/mol. The highest BCUT2D eigenvalue weighted by atomic mass is 19.4.